The van der Waals surface area contributed by atoms with Crippen molar-refractivity contribution in [3.05, 3.63) is 52.5 Å². The molecule has 2 aromatic carbocycles. The fourth-order valence-corrected chi connectivity index (χ4v) is 4.13. The maximum Gasteiger partial charge on any atom is 0.333 e. The summed E-state index contributed by atoms with van der Waals surface area (Å²) in [6.07, 6.45) is 1.59. The Labute approximate surface area is 179 Å². The minimum absolute atomic E-state index is 0.327. The summed E-state index contributed by atoms with van der Waals surface area (Å²) in [5, 5.41) is 0. The van der Waals surface area contributed by atoms with Crippen LogP contribution in [0.2, 0.25) is 0 Å². The summed E-state index contributed by atoms with van der Waals surface area (Å²) in [7, 11) is 4.65. The van der Waals surface area contributed by atoms with Crippen molar-refractivity contribution in [3.8, 4) is 34.2 Å². The molecule has 1 N–H and O–H groups in total. The third-order valence-electron chi connectivity index (χ3n) is 4.93. The summed E-state index contributed by atoms with van der Waals surface area (Å²) in [5.41, 5.74) is 4.98. The normalized spacial score (nSPS) is 11.2. The number of imidazole rings is 1. The van der Waals surface area contributed by atoms with Gasteiger partial charge in [-0.15, -0.1) is 11.3 Å². The van der Waals surface area contributed by atoms with Crippen LogP contribution in [-0.4, -0.2) is 45.8 Å². The van der Waals surface area contributed by atoms with Crippen molar-refractivity contribution in [1.82, 2.24) is 24.5 Å². The smallest absolute Gasteiger partial charge is 0.333 e. The number of methoxy groups -OCH3 is 3. The Balaban J connectivity index is 1.71. The van der Waals surface area contributed by atoms with Crippen molar-refractivity contribution in [1.29, 1.82) is 0 Å². The third-order valence-corrected chi connectivity index (χ3v) is 5.74. The number of hydrogen-bond acceptors (Lipinski definition) is 8. The topological polar surface area (TPSA) is 104 Å². The predicted molar refractivity (Wildman–Crippen MR) is 118 cm³/mol. The van der Waals surface area contributed by atoms with Crippen LogP contribution in [0.3, 0.4) is 0 Å². The lowest BCUT2D eigenvalue weighted by molar-refractivity contribution is 0.324. The van der Waals surface area contributed by atoms with Gasteiger partial charge in [-0.2, -0.15) is 0 Å². The Hall–Kier alpha value is -3.92. The second-order valence-electron chi connectivity index (χ2n) is 6.61. The van der Waals surface area contributed by atoms with Crippen LogP contribution in [0.4, 0.5) is 0 Å². The van der Waals surface area contributed by atoms with Gasteiger partial charge in [-0.1, -0.05) is 0 Å². The van der Waals surface area contributed by atoms with Crippen LogP contribution in [-0.2, 0) is 0 Å². The fourth-order valence-electron chi connectivity index (χ4n) is 3.47. The molecular weight excluding hydrogens is 418 g/mol. The monoisotopic (exact) mass is 435 g/mol. The molecule has 156 valence electrons. The standard InChI is InChI=1S/C21H17N5O4S/c1-28-15-6-11(7-16(29-2)18(15)30-3)14-9-22-19-20(24-14)26(21(27)25-19)12-4-5-17-13(8-12)23-10-31-17/h4-10H,1-3H3,(H,22,25,27). The van der Waals surface area contributed by atoms with Gasteiger partial charge >= 0.3 is 5.69 Å². The summed E-state index contributed by atoms with van der Waals surface area (Å²) < 4.78 is 18.8. The van der Waals surface area contributed by atoms with E-state index in [1.807, 2.05) is 18.2 Å². The quantitative estimate of drug-likeness (QED) is 0.451. The predicted octanol–water partition coefficient (Wildman–Crippen LogP) is 3.41. The first-order valence-corrected chi connectivity index (χ1v) is 10.1. The number of ether oxygens (including phenoxy) is 3. The lowest BCUT2D eigenvalue weighted by Crippen LogP contribution is -2.14. The van der Waals surface area contributed by atoms with E-state index in [-0.39, 0.29) is 5.69 Å². The molecular formula is C21H17N5O4S. The molecule has 9 nitrogen and oxygen atoms in total. The number of thiazole rings is 1. The van der Waals surface area contributed by atoms with E-state index in [0.717, 1.165) is 10.2 Å². The van der Waals surface area contributed by atoms with Gasteiger partial charge in [-0.05, 0) is 30.3 Å². The number of hydrogen-bond donors (Lipinski definition) is 1. The molecule has 0 atom stereocenters. The van der Waals surface area contributed by atoms with Gasteiger partial charge in [0.25, 0.3) is 0 Å². The van der Waals surface area contributed by atoms with Gasteiger partial charge in [0.15, 0.2) is 22.8 Å². The Morgan fingerprint density at radius 3 is 2.48 bits per heavy atom. The molecule has 3 heterocycles. The fraction of sp³-hybridized carbons (Fsp3) is 0.143. The summed E-state index contributed by atoms with van der Waals surface area (Å²) in [6.45, 7) is 0. The number of benzene rings is 2. The molecule has 0 unspecified atom stereocenters. The summed E-state index contributed by atoms with van der Waals surface area (Å²) in [4.78, 5) is 28.9. The molecule has 5 rings (SSSR count). The minimum atomic E-state index is -0.327. The zero-order valence-corrected chi connectivity index (χ0v) is 17.7. The number of aromatic amines is 1. The zero-order valence-electron chi connectivity index (χ0n) is 16.9. The van der Waals surface area contributed by atoms with E-state index in [2.05, 4.69) is 15.0 Å². The molecule has 0 aliphatic rings. The summed E-state index contributed by atoms with van der Waals surface area (Å²) in [6, 6.07) is 9.22. The van der Waals surface area contributed by atoms with E-state index >= 15 is 0 Å². The first-order valence-electron chi connectivity index (χ1n) is 9.24. The minimum Gasteiger partial charge on any atom is -0.493 e. The van der Waals surface area contributed by atoms with E-state index in [0.29, 0.717) is 45.5 Å². The van der Waals surface area contributed by atoms with Crippen molar-refractivity contribution in [2.75, 3.05) is 21.3 Å². The number of rotatable bonds is 5. The molecule has 0 fully saturated rings. The first-order chi connectivity index (χ1) is 15.1. The highest BCUT2D eigenvalue weighted by atomic mass is 32.1. The summed E-state index contributed by atoms with van der Waals surface area (Å²) in [5.74, 6) is 1.48. The van der Waals surface area contributed by atoms with Crippen LogP contribution < -0.4 is 19.9 Å². The van der Waals surface area contributed by atoms with Gasteiger partial charge in [0, 0.05) is 5.56 Å². The third kappa shape index (κ3) is 3.08. The molecule has 10 heteroatoms. The Kier molecular flexibility index (Phi) is 4.55. The van der Waals surface area contributed by atoms with E-state index in [9.17, 15) is 4.79 Å². The Morgan fingerprint density at radius 2 is 1.77 bits per heavy atom. The van der Waals surface area contributed by atoms with Crippen LogP contribution in [0, 0.1) is 0 Å². The molecule has 0 aliphatic carbocycles. The van der Waals surface area contributed by atoms with Crippen molar-refractivity contribution >= 4 is 32.8 Å². The SMILES string of the molecule is COc1cc(-c2cnc3[nH]c(=O)n(-c4ccc5scnc5c4)c3n2)cc(OC)c1OC. The molecule has 0 amide bonds. The van der Waals surface area contributed by atoms with E-state index in [1.54, 1.807) is 56.5 Å². The van der Waals surface area contributed by atoms with Crippen LogP contribution >= 0.6 is 11.3 Å². The van der Waals surface area contributed by atoms with E-state index in [1.165, 1.54) is 4.57 Å². The van der Waals surface area contributed by atoms with E-state index < -0.39 is 0 Å². The van der Waals surface area contributed by atoms with Gasteiger partial charge in [0.1, 0.15) is 0 Å². The van der Waals surface area contributed by atoms with Crippen molar-refractivity contribution in [2.24, 2.45) is 0 Å². The molecule has 0 spiro atoms. The van der Waals surface area contributed by atoms with Crippen molar-refractivity contribution < 1.29 is 14.2 Å². The molecule has 0 saturated heterocycles. The lowest BCUT2D eigenvalue weighted by atomic mass is 10.1. The first kappa shape index (κ1) is 19.1. The molecule has 0 bridgehead atoms. The number of nitrogens with one attached hydrogen (secondary N) is 1. The zero-order chi connectivity index (χ0) is 21.5. The van der Waals surface area contributed by atoms with Crippen molar-refractivity contribution in [3.63, 3.8) is 0 Å². The maximum absolute atomic E-state index is 12.7. The van der Waals surface area contributed by atoms with Crippen LogP contribution in [0.15, 0.2) is 46.8 Å². The van der Waals surface area contributed by atoms with Gasteiger partial charge in [-0.25, -0.2) is 24.3 Å². The molecule has 0 radical (unpaired) electrons. The average Bonchev–Trinajstić information content (AvgIpc) is 3.40. The van der Waals surface area contributed by atoms with Gasteiger partial charge in [-0.3, -0.25) is 4.98 Å². The number of nitrogens with zero attached hydrogens (tertiary/aromatic N) is 4. The highest BCUT2D eigenvalue weighted by Crippen LogP contribution is 2.40. The van der Waals surface area contributed by atoms with Crippen LogP contribution in [0.1, 0.15) is 0 Å². The summed E-state index contributed by atoms with van der Waals surface area (Å²) >= 11 is 1.54. The number of fused-ring (bicyclic) bond motifs is 2. The molecule has 0 aliphatic heterocycles. The van der Waals surface area contributed by atoms with E-state index in [4.69, 9.17) is 19.2 Å². The Bertz CT molecular complexity index is 1460. The van der Waals surface area contributed by atoms with Crippen LogP contribution in [0.5, 0.6) is 17.2 Å². The van der Waals surface area contributed by atoms with Gasteiger partial charge in [0.2, 0.25) is 5.75 Å². The largest absolute Gasteiger partial charge is 0.493 e. The highest BCUT2D eigenvalue weighted by molar-refractivity contribution is 7.16. The second kappa shape index (κ2) is 7.40. The van der Waals surface area contributed by atoms with Crippen molar-refractivity contribution in [2.45, 2.75) is 0 Å². The lowest BCUT2D eigenvalue weighted by Gasteiger charge is -2.14. The molecule has 3 aromatic heterocycles. The molecule has 0 saturated carbocycles. The highest BCUT2D eigenvalue weighted by Gasteiger charge is 2.17. The van der Waals surface area contributed by atoms with Gasteiger partial charge in [0.05, 0.1) is 54.6 Å². The van der Waals surface area contributed by atoms with Gasteiger partial charge < -0.3 is 14.2 Å². The molecule has 31 heavy (non-hydrogen) atoms. The maximum atomic E-state index is 12.7. The van der Waals surface area contributed by atoms with Crippen LogP contribution in [0.25, 0.3) is 38.5 Å². The number of aromatic nitrogens is 5. The number of H-pyrrole nitrogens is 1. The average molecular weight is 435 g/mol. The molecule has 5 aromatic rings. The second-order valence-corrected chi connectivity index (χ2v) is 7.50. The Morgan fingerprint density at radius 1 is 1.00 bits per heavy atom.